The van der Waals surface area contributed by atoms with Crippen molar-refractivity contribution in [1.29, 1.82) is 0 Å². The van der Waals surface area contributed by atoms with Crippen LogP contribution in [0.1, 0.15) is 51.9 Å². The predicted octanol–water partition coefficient (Wildman–Crippen LogP) is 2.20. The number of carbonyl (C=O) groups excluding carboxylic acids is 1. The molecule has 2 atom stereocenters. The number of amides is 1. The van der Waals surface area contributed by atoms with Crippen molar-refractivity contribution in [3.63, 3.8) is 0 Å². The summed E-state index contributed by atoms with van der Waals surface area (Å²) in [4.78, 5) is 23.4. The van der Waals surface area contributed by atoms with Crippen LogP contribution < -0.4 is 5.32 Å². The minimum atomic E-state index is -0.994. The number of carbonyl (C=O) groups is 2. The van der Waals surface area contributed by atoms with E-state index in [1.54, 1.807) is 0 Å². The Kier molecular flexibility index (Phi) is 7.59. The minimum absolute atomic E-state index is 0.0671. The number of hydrogen-bond donors (Lipinski definition) is 2. The van der Waals surface area contributed by atoms with E-state index in [9.17, 15) is 9.59 Å². The minimum Gasteiger partial charge on any atom is -0.480 e. The standard InChI is InChI=1S/C15H27NO4/c1-3-12(10-11-6-4-5-7-11)14(17)16-13(15(18)19)8-9-20-2/h11-13H,3-10H2,1-2H3,(H,16,17)(H,18,19). The molecule has 1 aliphatic carbocycles. The summed E-state index contributed by atoms with van der Waals surface area (Å²) in [6.45, 7) is 2.32. The molecule has 1 rings (SSSR count). The van der Waals surface area contributed by atoms with Gasteiger partial charge in [-0.3, -0.25) is 4.79 Å². The summed E-state index contributed by atoms with van der Waals surface area (Å²) in [5.74, 6) is -0.551. The maximum absolute atomic E-state index is 12.2. The first-order chi connectivity index (χ1) is 9.58. The zero-order valence-electron chi connectivity index (χ0n) is 12.6. The van der Waals surface area contributed by atoms with Crippen LogP contribution in [0.15, 0.2) is 0 Å². The van der Waals surface area contributed by atoms with Crippen molar-refractivity contribution >= 4 is 11.9 Å². The number of nitrogens with one attached hydrogen (secondary N) is 1. The lowest BCUT2D eigenvalue weighted by molar-refractivity contribution is -0.143. The molecule has 0 bridgehead atoms. The zero-order valence-corrected chi connectivity index (χ0v) is 12.6. The van der Waals surface area contributed by atoms with Gasteiger partial charge in [-0.25, -0.2) is 4.79 Å². The first kappa shape index (κ1) is 17.0. The Labute approximate surface area is 121 Å². The van der Waals surface area contributed by atoms with Crippen LogP contribution in [0.2, 0.25) is 0 Å². The van der Waals surface area contributed by atoms with Gasteiger partial charge in [0.25, 0.3) is 0 Å². The molecule has 1 aliphatic rings. The molecule has 0 heterocycles. The van der Waals surface area contributed by atoms with Crippen molar-refractivity contribution in [2.45, 2.75) is 57.9 Å². The van der Waals surface area contributed by atoms with Gasteiger partial charge in [0.05, 0.1) is 0 Å². The molecule has 5 nitrogen and oxygen atoms in total. The number of rotatable bonds is 9. The number of methoxy groups -OCH3 is 1. The molecular formula is C15H27NO4. The van der Waals surface area contributed by atoms with Crippen LogP contribution in [0.4, 0.5) is 0 Å². The van der Waals surface area contributed by atoms with Gasteiger partial charge >= 0.3 is 5.97 Å². The van der Waals surface area contributed by atoms with Crippen LogP contribution in [-0.4, -0.2) is 36.7 Å². The molecule has 0 spiro atoms. The van der Waals surface area contributed by atoms with E-state index >= 15 is 0 Å². The second-order valence-corrected chi connectivity index (χ2v) is 5.67. The fraction of sp³-hybridized carbons (Fsp3) is 0.867. The lowest BCUT2D eigenvalue weighted by Crippen LogP contribution is -2.44. The number of carboxylic acids is 1. The number of ether oxygens (including phenoxy) is 1. The molecule has 1 amide bonds. The molecule has 0 aliphatic heterocycles. The van der Waals surface area contributed by atoms with E-state index in [0.29, 0.717) is 18.9 Å². The van der Waals surface area contributed by atoms with E-state index in [1.807, 2.05) is 6.92 Å². The quantitative estimate of drug-likeness (QED) is 0.681. The van der Waals surface area contributed by atoms with Crippen molar-refractivity contribution < 1.29 is 19.4 Å². The second kappa shape index (κ2) is 8.95. The van der Waals surface area contributed by atoms with E-state index in [4.69, 9.17) is 9.84 Å². The van der Waals surface area contributed by atoms with Crippen molar-refractivity contribution in [3.05, 3.63) is 0 Å². The second-order valence-electron chi connectivity index (χ2n) is 5.67. The van der Waals surface area contributed by atoms with Gasteiger partial charge in [-0.2, -0.15) is 0 Å². The van der Waals surface area contributed by atoms with Crippen LogP contribution in [-0.2, 0) is 14.3 Å². The smallest absolute Gasteiger partial charge is 0.326 e. The molecule has 0 aromatic heterocycles. The normalized spacial score (nSPS) is 18.7. The summed E-state index contributed by atoms with van der Waals surface area (Å²) < 4.78 is 4.88. The molecule has 0 saturated heterocycles. The van der Waals surface area contributed by atoms with Gasteiger partial charge in [0.1, 0.15) is 6.04 Å². The van der Waals surface area contributed by atoms with Gasteiger partial charge in [-0.05, 0) is 18.8 Å². The summed E-state index contributed by atoms with van der Waals surface area (Å²) in [6.07, 6.45) is 6.88. The van der Waals surface area contributed by atoms with E-state index in [-0.39, 0.29) is 11.8 Å². The summed E-state index contributed by atoms with van der Waals surface area (Å²) >= 11 is 0. The molecule has 1 fully saturated rings. The summed E-state index contributed by atoms with van der Waals surface area (Å²) in [6, 6.07) is -0.847. The third kappa shape index (κ3) is 5.49. The van der Waals surface area contributed by atoms with Gasteiger partial charge in [0.15, 0.2) is 0 Å². The topological polar surface area (TPSA) is 75.6 Å². The predicted molar refractivity (Wildman–Crippen MR) is 76.4 cm³/mol. The zero-order chi connectivity index (χ0) is 15.0. The fourth-order valence-electron chi connectivity index (χ4n) is 2.89. The van der Waals surface area contributed by atoms with Crippen molar-refractivity contribution in [1.82, 2.24) is 5.32 Å². The Bertz CT molecular complexity index is 313. The average Bonchev–Trinajstić information content (AvgIpc) is 2.93. The van der Waals surface area contributed by atoms with Crippen LogP contribution in [0.3, 0.4) is 0 Å². The van der Waals surface area contributed by atoms with Crippen LogP contribution in [0.25, 0.3) is 0 Å². The Balaban J connectivity index is 2.48. The third-order valence-electron chi connectivity index (χ3n) is 4.18. The fourth-order valence-corrected chi connectivity index (χ4v) is 2.89. The highest BCUT2D eigenvalue weighted by Crippen LogP contribution is 2.31. The van der Waals surface area contributed by atoms with Gasteiger partial charge in [0, 0.05) is 26.1 Å². The maximum Gasteiger partial charge on any atom is 0.326 e. The molecular weight excluding hydrogens is 258 g/mol. The molecule has 0 aromatic rings. The molecule has 1 saturated carbocycles. The molecule has 0 aromatic carbocycles. The lowest BCUT2D eigenvalue weighted by Gasteiger charge is -2.21. The summed E-state index contributed by atoms with van der Waals surface area (Å²) in [7, 11) is 1.52. The highest BCUT2D eigenvalue weighted by atomic mass is 16.5. The SMILES string of the molecule is CCC(CC1CCCC1)C(=O)NC(CCOC)C(=O)O. The highest BCUT2D eigenvalue weighted by Gasteiger charge is 2.27. The molecule has 2 unspecified atom stereocenters. The van der Waals surface area contributed by atoms with E-state index in [1.165, 1.54) is 32.8 Å². The largest absolute Gasteiger partial charge is 0.480 e. The van der Waals surface area contributed by atoms with Gasteiger partial charge in [-0.15, -0.1) is 0 Å². The number of hydrogen-bond acceptors (Lipinski definition) is 3. The van der Waals surface area contributed by atoms with Crippen molar-refractivity contribution in [2.24, 2.45) is 11.8 Å². The summed E-state index contributed by atoms with van der Waals surface area (Å²) in [5, 5.41) is 11.8. The van der Waals surface area contributed by atoms with E-state index in [0.717, 1.165) is 12.8 Å². The Morgan fingerprint density at radius 1 is 1.35 bits per heavy atom. The highest BCUT2D eigenvalue weighted by molar-refractivity contribution is 5.84. The monoisotopic (exact) mass is 285 g/mol. The van der Waals surface area contributed by atoms with Gasteiger partial charge in [-0.1, -0.05) is 32.6 Å². The van der Waals surface area contributed by atoms with E-state index in [2.05, 4.69) is 5.32 Å². The Morgan fingerprint density at radius 3 is 2.50 bits per heavy atom. The average molecular weight is 285 g/mol. The molecule has 0 radical (unpaired) electrons. The molecule has 2 N–H and O–H groups in total. The van der Waals surface area contributed by atoms with Gasteiger partial charge < -0.3 is 15.2 Å². The van der Waals surface area contributed by atoms with Crippen molar-refractivity contribution in [2.75, 3.05) is 13.7 Å². The number of aliphatic carboxylic acids is 1. The third-order valence-corrected chi connectivity index (χ3v) is 4.18. The van der Waals surface area contributed by atoms with Crippen molar-refractivity contribution in [3.8, 4) is 0 Å². The maximum atomic E-state index is 12.2. The lowest BCUT2D eigenvalue weighted by atomic mass is 9.90. The molecule has 20 heavy (non-hydrogen) atoms. The first-order valence-corrected chi connectivity index (χ1v) is 7.60. The van der Waals surface area contributed by atoms with E-state index < -0.39 is 12.0 Å². The van der Waals surface area contributed by atoms with Crippen LogP contribution in [0.5, 0.6) is 0 Å². The number of carboxylic acid groups (broad SMARTS) is 1. The molecule has 116 valence electrons. The molecule has 5 heteroatoms. The first-order valence-electron chi connectivity index (χ1n) is 7.60. The van der Waals surface area contributed by atoms with Crippen LogP contribution >= 0.6 is 0 Å². The Hall–Kier alpha value is -1.10. The van der Waals surface area contributed by atoms with Crippen LogP contribution in [0, 0.1) is 11.8 Å². The Morgan fingerprint density at radius 2 is 2.00 bits per heavy atom. The van der Waals surface area contributed by atoms with Gasteiger partial charge in [0.2, 0.25) is 5.91 Å². The summed E-state index contributed by atoms with van der Waals surface area (Å²) in [5.41, 5.74) is 0.